The van der Waals surface area contributed by atoms with E-state index < -0.39 is 7.60 Å². The zero-order valence-electron chi connectivity index (χ0n) is 9.18. The molecule has 1 aromatic carbocycles. The number of rotatable bonds is 6. The molecule has 1 atom stereocenters. The van der Waals surface area contributed by atoms with Gasteiger partial charge in [-0.15, -0.1) is 0 Å². The van der Waals surface area contributed by atoms with Gasteiger partial charge in [0.15, 0.2) is 0 Å². The third-order valence-corrected chi connectivity index (χ3v) is 3.96. The molecular formula is C11H17O3P. The van der Waals surface area contributed by atoms with E-state index in [1.165, 1.54) is 7.11 Å². The second-order valence-electron chi connectivity index (χ2n) is 3.27. The Morgan fingerprint density at radius 3 is 2.47 bits per heavy atom. The predicted molar refractivity (Wildman–Crippen MR) is 61.5 cm³/mol. The van der Waals surface area contributed by atoms with Crippen molar-refractivity contribution in [3.63, 3.8) is 0 Å². The smallest absolute Gasteiger partial charge is 0.378 e. The van der Waals surface area contributed by atoms with Crippen LogP contribution in [0.5, 0.6) is 5.75 Å². The first kappa shape index (κ1) is 12.3. The van der Waals surface area contributed by atoms with Gasteiger partial charge in [-0.1, -0.05) is 31.5 Å². The highest BCUT2D eigenvalue weighted by Gasteiger charge is 2.23. The first-order valence-electron chi connectivity index (χ1n) is 5.09. The maximum absolute atomic E-state index is 12.1. The summed E-state index contributed by atoms with van der Waals surface area (Å²) >= 11 is 0. The molecule has 4 heteroatoms. The zero-order chi connectivity index (χ0) is 11.1. The SMILES string of the molecule is CCCCP(=O)(OC)Oc1ccccc1. The van der Waals surface area contributed by atoms with Crippen molar-refractivity contribution in [3.8, 4) is 5.75 Å². The lowest BCUT2D eigenvalue weighted by molar-refractivity contribution is 0.321. The van der Waals surface area contributed by atoms with Gasteiger partial charge in [-0.2, -0.15) is 0 Å². The summed E-state index contributed by atoms with van der Waals surface area (Å²) in [7, 11) is -1.51. The largest absolute Gasteiger partial charge is 0.424 e. The van der Waals surface area contributed by atoms with Crippen LogP contribution in [0.4, 0.5) is 0 Å². The molecule has 0 heterocycles. The van der Waals surface area contributed by atoms with Crippen molar-refractivity contribution in [2.24, 2.45) is 0 Å². The molecule has 0 bridgehead atoms. The molecule has 84 valence electrons. The molecule has 1 rings (SSSR count). The van der Waals surface area contributed by atoms with Gasteiger partial charge < -0.3 is 9.05 Å². The van der Waals surface area contributed by atoms with E-state index in [-0.39, 0.29) is 0 Å². The number of para-hydroxylation sites is 1. The molecule has 0 saturated carbocycles. The highest BCUT2D eigenvalue weighted by Crippen LogP contribution is 2.48. The van der Waals surface area contributed by atoms with E-state index in [0.717, 1.165) is 12.8 Å². The van der Waals surface area contributed by atoms with Gasteiger partial charge in [-0.25, -0.2) is 4.57 Å². The molecule has 3 nitrogen and oxygen atoms in total. The first-order valence-corrected chi connectivity index (χ1v) is 6.82. The van der Waals surface area contributed by atoms with Crippen LogP contribution in [0.3, 0.4) is 0 Å². The minimum atomic E-state index is -2.94. The van der Waals surface area contributed by atoms with E-state index in [1.54, 1.807) is 12.1 Å². The average molecular weight is 228 g/mol. The van der Waals surface area contributed by atoms with Gasteiger partial charge in [0.05, 0.1) is 6.16 Å². The lowest BCUT2D eigenvalue weighted by Crippen LogP contribution is -2.00. The summed E-state index contributed by atoms with van der Waals surface area (Å²) in [5, 5.41) is 0. The highest BCUT2D eigenvalue weighted by molar-refractivity contribution is 7.54. The van der Waals surface area contributed by atoms with Gasteiger partial charge in [0, 0.05) is 7.11 Å². The van der Waals surface area contributed by atoms with Gasteiger partial charge in [-0.3, -0.25) is 0 Å². The molecule has 0 aliphatic heterocycles. The minimum Gasteiger partial charge on any atom is -0.424 e. The van der Waals surface area contributed by atoms with E-state index in [9.17, 15) is 4.57 Å². The lowest BCUT2D eigenvalue weighted by Gasteiger charge is -2.16. The molecule has 0 N–H and O–H groups in total. The van der Waals surface area contributed by atoms with Crippen molar-refractivity contribution in [1.29, 1.82) is 0 Å². The Morgan fingerprint density at radius 1 is 1.27 bits per heavy atom. The highest BCUT2D eigenvalue weighted by atomic mass is 31.2. The lowest BCUT2D eigenvalue weighted by atomic mass is 10.3. The predicted octanol–water partition coefficient (Wildman–Crippen LogP) is 3.71. The van der Waals surface area contributed by atoms with Crippen molar-refractivity contribution in [2.45, 2.75) is 19.8 Å². The summed E-state index contributed by atoms with van der Waals surface area (Å²) in [6.45, 7) is 2.04. The van der Waals surface area contributed by atoms with E-state index in [4.69, 9.17) is 9.05 Å². The Hall–Kier alpha value is -0.790. The minimum absolute atomic E-state index is 0.467. The number of hydrogen-bond acceptors (Lipinski definition) is 3. The van der Waals surface area contributed by atoms with Crippen LogP contribution in [-0.4, -0.2) is 13.3 Å². The molecule has 0 aliphatic carbocycles. The zero-order valence-corrected chi connectivity index (χ0v) is 10.1. The standard InChI is InChI=1S/C11H17O3P/c1-3-4-10-15(12,13-2)14-11-8-6-5-7-9-11/h5-9H,3-4,10H2,1-2H3. The van der Waals surface area contributed by atoms with Crippen molar-refractivity contribution in [2.75, 3.05) is 13.3 Å². The van der Waals surface area contributed by atoms with Crippen molar-refractivity contribution in [3.05, 3.63) is 30.3 Å². The van der Waals surface area contributed by atoms with Crippen LogP contribution in [0.15, 0.2) is 30.3 Å². The third-order valence-electron chi connectivity index (χ3n) is 2.05. The van der Waals surface area contributed by atoms with Crippen molar-refractivity contribution in [1.82, 2.24) is 0 Å². The topological polar surface area (TPSA) is 35.5 Å². The summed E-state index contributed by atoms with van der Waals surface area (Å²) < 4.78 is 22.4. The maximum atomic E-state index is 12.1. The second-order valence-corrected chi connectivity index (χ2v) is 5.49. The molecule has 0 amide bonds. The summed E-state index contributed by atoms with van der Waals surface area (Å²) in [5.41, 5.74) is 0. The van der Waals surface area contributed by atoms with Gasteiger partial charge in [-0.05, 0) is 18.6 Å². The Balaban J connectivity index is 2.64. The molecule has 1 unspecified atom stereocenters. The van der Waals surface area contributed by atoms with Crippen LogP contribution in [0.25, 0.3) is 0 Å². The van der Waals surface area contributed by atoms with Gasteiger partial charge in [0.25, 0.3) is 0 Å². The van der Waals surface area contributed by atoms with E-state index in [1.807, 2.05) is 25.1 Å². The Labute approximate surface area is 90.9 Å². The van der Waals surface area contributed by atoms with Crippen LogP contribution in [0, 0.1) is 0 Å². The number of unbranched alkanes of at least 4 members (excludes halogenated alkanes) is 1. The molecular weight excluding hydrogens is 211 g/mol. The summed E-state index contributed by atoms with van der Waals surface area (Å²) in [6, 6.07) is 9.12. The second kappa shape index (κ2) is 5.94. The van der Waals surface area contributed by atoms with Crippen LogP contribution in [-0.2, 0) is 9.09 Å². The fraction of sp³-hybridized carbons (Fsp3) is 0.455. The molecule has 0 radical (unpaired) electrons. The fourth-order valence-electron chi connectivity index (χ4n) is 1.17. The quantitative estimate of drug-likeness (QED) is 0.696. The van der Waals surface area contributed by atoms with E-state index >= 15 is 0 Å². The van der Waals surface area contributed by atoms with Crippen molar-refractivity contribution < 1.29 is 13.6 Å². The average Bonchev–Trinajstić information content (AvgIpc) is 2.28. The summed E-state index contributed by atoms with van der Waals surface area (Å²) in [5.74, 6) is 0.596. The first-order chi connectivity index (χ1) is 7.20. The van der Waals surface area contributed by atoms with Crippen molar-refractivity contribution >= 4 is 7.60 Å². The van der Waals surface area contributed by atoms with Gasteiger partial charge >= 0.3 is 7.60 Å². The third kappa shape index (κ3) is 4.06. The maximum Gasteiger partial charge on any atom is 0.378 e. The Kier molecular flexibility index (Phi) is 4.86. The normalized spacial score (nSPS) is 14.5. The molecule has 1 aromatic rings. The number of benzene rings is 1. The molecule has 15 heavy (non-hydrogen) atoms. The summed E-state index contributed by atoms with van der Waals surface area (Å²) in [4.78, 5) is 0. The van der Waals surface area contributed by atoms with Crippen LogP contribution < -0.4 is 4.52 Å². The van der Waals surface area contributed by atoms with E-state index in [2.05, 4.69) is 0 Å². The summed E-state index contributed by atoms with van der Waals surface area (Å²) in [6.07, 6.45) is 2.29. The van der Waals surface area contributed by atoms with Gasteiger partial charge in [0.1, 0.15) is 5.75 Å². The molecule has 0 aliphatic rings. The molecule has 0 fully saturated rings. The van der Waals surface area contributed by atoms with Crippen LogP contribution in [0.1, 0.15) is 19.8 Å². The monoisotopic (exact) mass is 228 g/mol. The molecule has 0 aromatic heterocycles. The fourth-order valence-corrected chi connectivity index (χ4v) is 2.66. The van der Waals surface area contributed by atoms with E-state index in [0.29, 0.717) is 11.9 Å². The Bertz CT molecular complexity index is 324. The van der Waals surface area contributed by atoms with Crippen LogP contribution >= 0.6 is 7.60 Å². The van der Waals surface area contributed by atoms with Gasteiger partial charge in [0.2, 0.25) is 0 Å². The molecule has 0 spiro atoms. The van der Waals surface area contributed by atoms with Crippen LogP contribution in [0.2, 0.25) is 0 Å². The number of hydrogen-bond donors (Lipinski definition) is 0. The Morgan fingerprint density at radius 2 is 1.93 bits per heavy atom. The molecule has 0 saturated heterocycles.